The lowest BCUT2D eigenvalue weighted by molar-refractivity contribution is -0.140. The zero-order valence-electron chi connectivity index (χ0n) is 10.6. The van der Waals surface area contributed by atoms with Crippen molar-refractivity contribution in [1.29, 1.82) is 0 Å². The minimum Gasteiger partial charge on any atom is -0.507 e. The highest BCUT2D eigenvalue weighted by atomic mass is 35.5. The van der Waals surface area contributed by atoms with Crippen molar-refractivity contribution in [3.05, 3.63) is 22.7 Å². The summed E-state index contributed by atoms with van der Waals surface area (Å²) in [5, 5.41) is 14.2. The van der Waals surface area contributed by atoms with Crippen LogP contribution < -0.4 is 4.74 Å². The van der Waals surface area contributed by atoms with Gasteiger partial charge in [-0.1, -0.05) is 16.8 Å². The second kappa shape index (κ2) is 5.48. The molecule has 1 aromatic carbocycles. The van der Waals surface area contributed by atoms with Gasteiger partial charge >= 0.3 is 5.97 Å². The van der Waals surface area contributed by atoms with E-state index < -0.39 is 5.97 Å². The summed E-state index contributed by atoms with van der Waals surface area (Å²) in [6.45, 7) is 1.27. The number of hydrogen-bond acceptors (Lipinski definition) is 5. The summed E-state index contributed by atoms with van der Waals surface area (Å²) in [5.74, 6) is 0.0643. The molecule has 0 aromatic heterocycles. The number of halogens is 1. The number of hydrogen-bond donors (Lipinski definition) is 1. The molecule has 1 aromatic rings. The predicted octanol–water partition coefficient (Wildman–Crippen LogP) is 2.73. The van der Waals surface area contributed by atoms with Gasteiger partial charge in [0.05, 0.1) is 23.4 Å². The van der Waals surface area contributed by atoms with E-state index in [0.717, 1.165) is 12.8 Å². The van der Waals surface area contributed by atoms with Crippen LogP contribution >= 0.6 is 11.6 Å². The molecule has 0 atom stereocenters. The van der Waals surface area contributed by atoms with Gasteiger partial charge in [-0.05, 0) is 18.9 Å². The fourth-order valence-electron chi connectivity index (χ4n) is 1.73. The van der Waals surface area contributed by atoms with Crippen molar-refractivity contribution in [3.8, 4) is 11.5 Å². The molecule has 102 valence electrons. The highest BCUT2D eigenvalue weighted by Gasteiger charge is 2.32. The maximum atomic E-state index is 10.8. The van der Waals surface area contributed by atoms with Crippen LogP contribution in [0.25, 0.3) is 0 Å². The van der Waals surface area contributed by atoms with Crippen molar-refractivity contribution in [2.24, 2.45) is 11.1 Å². The molecule has 19 heavy (non-hydrogen) atoms. The first kappa shape index (κ1) is 13.7. The molecule has 0 aliphatic heterocycles. The highest BCUT2D eigenvalue weighted by molar-refractivity contribution is 6.35. The third-order valence-corrected chi connectivity index (χ3v) is 3.07. The lowest BCUT2D eigenvalue weighted by Gasteiger charge is -2.11. The average molecular weight is 284 g/mol. The van der Waals surface area contributed by atoms with Gasteiger partial charge in [-0.2, -0.15) is 0 Å². The molecule has 0 unspecified atom stereocenters. The molecule has 1 aliphatic rings. The van der Waals surface area contributed by atoms with E-state index in [9.17, 15) is 9.90 Å². The van der Waals surface area contributed by atoms with Gasteiger partial charge in [-0.15, -0.1) is 0 Å². The Morgan fingerprint density at radius 1 is 1.47 bits per heavy atom. The summed E-state index contributed by atoms with van der Waals surface area (Å²) >= 11 is 6.13. The third kappa shape index (κ3) is 3.17. The Labute approximate surface area is 115 Å². The topological polar surface area (TPSA) is 68.1 Å². The number of ether oxygens (including phenoxy) is 1. The molecule has 0 saturated heterocycles. The molecule has 1 saturated carbocycles. The Hall–Kier alpha value is -1.75. The first-order valence-corrected chi connectivity index (χ1v) is 6.23. The van der Waals surface area contributed by atoms with Crippen molar-refractivity contribution in [2.45, 2.75) is 19.8 Å². The number of oxime groups is 1. The molecule has 1 N–H and O–H groups in total. The number of phenolic OH excluding ortho intramolecular Hbond substituents is 1. The van der Waals surface area contributed by atoms with E-state index in [4.69, 9.17) is 16.3 Å². The lowest BCUT2D eigenvalue weighted by Crippen LogP contribution is -2.08. The summed E-state index contributed by atoms with van der Waals surface area (Å²) in [7, 11) is 1.49. The molecular weight excluding hydrogens is 270 g/mol. The summed E-state index contributed by atoms with van der Waals surface area (Å²) in [6.07, 6.45) is 1.86. The van der Waals surface area contributed by atoms with Crippen molar-refractivity contribution >= 4 is 23.3 Å². The van der Waals surface area contributed by atoms with E-state index in [1.165, 1.54) is 20.1 Å². The molecule has 0 heterocycles. The smallest absolute Gasteiger partial charge is 0.331 e. The standard InChI is InChI=1S/C13H14ClNO4/c1-7(16)19-15-13(8-3-4-8)12-10(14)5-9(18-2)6-11(12)17/h5-6,8,17H,3-4H2,1-2H3/b15-13-. The van der Waals surface area contributed by atoms with E-state index >= 15 is 0 Å². The number of aromatic hydroxyl groups is 1. The Morgan fingerprint density at radius 2 is 2.16 bits per heavy atom. The molecule has 5 nitrogen and oxygen atoms in total. The number of benzene rings is 1. The van der Waals surface area contributed by atoms with Crippen LogP contribution in [-0.2, 0) is 9.63 Å². The maximum Gasteiger partial charge on any atom is 0.331 e. The summed E-state index contributed by atoms with van der Waals surface area (Å²) in [5.41, 5.74) is 0.895. The first-order valence-electron chi connectivity index (χ1n) is 5.85. The van der Waals surface area contributed by atoms with Gasteiger partial charge in [0.2, 0.25) is 0 Å². The van der Waals surface area contributed by atoms with Crippen LogP contribution in [0.1, 0.15) is 25.3 Å². The van der Waals surface area contributed by atoms with Gasteiger partial charge < -0.3 is 14.7 Å². The monoisotopic (exact) mass is 283 g/mol. The van der Waals surface area contributed by atoms with E-state index in [0.29, 0.717) is 22.0 Å². The van der Waals surface area contributed by atoms with E-state index in [1.807, 2.05) is 0 Å². The molecule has 1 aliphatic carbocycles. The largest absolute Gasteiger partial charge is 0.507 e. The molecule has 0 amide bonds. The average Bonchev–Trinajstić information content (AvgIpc) is 3.15. The van der Waals surface area contributed by atoms with Gasteiger partial charge in [-0.25, -0.2) is 4.79 Å². The Kier molecular flexibility index (Phi) is 3.95. The number of carbonyl (C=O) groups is 1. The second-order valence-electron chi connectivity index (χ2n) is 4.34. The molecule has 2 rings (SSSR count). The zero-order valence-corrected chi connectivity index (χ0v) is 11.4. The molecule has 1 fully saturated rings. The Morgan fingerprint density at radius 3 is 2.63 bits per heavy atom. The van der Waals surface area contributed by atoms with Crippen LogP contribution in [0, 0.1) is 5.92 Å². The molecule has 0 radical (unpaired) electrons. The number of rotatable bonds is 4. The van der Waals surface area contributed by atoms with Crippen LogP contribution in [0.3, 0.4) is 0 Å². The fourth-order valence-corrected chi connectivity index (χ4v) is 2.04. The lowest BCUT2D eigenvalue weighted by atomic mass is 10.0. The number of methoxy groups -OCH3 is 1. The Bertz CT molecular complexity index is 514. The molecule has 6 heteroatoms. The van der Waals surface area contributed by atoms with Crippen molar-refractivity contribution in [2.75, 3.05) is 7.11 Å². The van der Waals surface area contributed by atoms with Gasteiger partial charge in [0.15, 0.2) is 0 Å². The normalized spacial score (nSPS) is 15.2. The third-order valence-electron chi connectivity index (χ3n) is 2.77. The Balaban J connectivity index is 2.42. The number of nitrogens with zero attached hydrogens (tertiary/aromatic N) is 1. The SMILES string of the molecule is COc1cc(O)c(/C(=N\OC(C)=O)C2CC2)c(Cl)c1. The van der Waals surface area contributed by atoms with E-state index in [1.54, 1.807) is 6.07 Å². The highest BCUT2D eigenvalue weighted by Crippen LogP contribution is 2.40. The van der Waals surface area contributed by atoms with Gasteiger partial charge in [-0.3, -0.25) is 0 Å². The minimum absolute atomic E-state index is 0.0397. The van der Waals surface area contributed by atoms with Crippen LogP contribution in [0.2, 0.25) is 5.02 Å². The maximum absolute atomic E-state index is 10.8. The van der Waals surface area contributed by atoms with Crippen molar-refractivity contribution < 1.29 is 19.5 Å². The van der Waals surface area contributed by atoms with Crippen LogP contribution in [-0.4, -0.2) is 23.9 Å². The van der Waals surface area contributed by atoms with Gasteiger partial charge in [0, 0.05) is 18.9 Å². The van der Waals surface area contributed by atoms with Crippen LogP contribution in [0.15, 0.2) is 17.3 Å². The zero-order chi connectivity index (χ0) is 14.0. The first-order chi connectivity index (χ1) is 9.02. The second-order valence-corrected chi connectivity index (χ2v) is 4.74. The van der Waals surface area contributed by atoms with Crippen molar-refractivity contribution in [1.82, 2.24) is 0 Å². The molecule has 0 bridgehead atoms. The van der Waals surface area contributed by atoms with E-state index in [-0.39, 0.29) is 11.7 Å². The molecule has 0 spiro atoms. The number of carbonyl (C=O) groups excluding carboxylic acids is 1. The minimum atomic E-state index is -0.512. The number of phenols is 1. The fraction of sp³-hybridized carbons (Fsp3) is 0.385. The van der Waals surface area contributed by atoms with E-state index in [2.05, 4.69) is 9.99 Å². The van der Waals surface area contributed by atoms with Crippen LogP contribution in [0.4, 0.5) is 0 Å². The predicted molar refractivity (Wildman–Crippen MR) is 70.7 cm³/mol. The summed E-state index contributed by atoms with van der Waals surface area (Å²) in [4.78, 5) is 15.5. The van der Waals surface area contributed by atoms with Crippen LogP contribution in [0.5, 0.6) is 11.5 Å². The summed E-state index contributed by atoms with van der Waals surface area (Å²) < 4.78 is 5.02. The van der Waals surface area contributed by atoms with Crippen molar-refractivity contribution in [3.63, 3.8) is 0 Å². The molecular formula is C13H14ClNO4. The summed E-state index contributed by atoms with van der Waals surface area (Å²) in [6, 6.07) is 3.04. The quantitative estimate of drug-likeness (QED) is 0.524. The van der Waals surface area contributed by atoms with Gasteiger partial charge in [0.25, 0.3) is 0 Å². The van der Waals surface area contributed by atoms with Gasteiger partial charge in [0.1, 0.15) is 11.5 Å².